The van der Waals surface area contributed by atoms with E-state index in [0.29, 0.717) is 25.8 Å². The molecule has 0 aromatic carbocycles. The van der Waals surface area contributed by atoms with Gasteiger partial charge >= 0.3 is 5.97 Å². The van der Waals surface area contributed by atoms with Crippen LogP contribution in [0.5, 0.6) is 0 Å². The Hall–Kier alpha value is -1.10. The molecule has 1 fully saturated rings. The summed E-state index contributed by atoms with van der Waals surface area (Å²) in [5, 5.41) is 8.94. The number of nitrogens with two attached hydrogens (primary N) is 1. The number of rotatable bonds is 4. The Labute approximate surface area is 95.6 Å². The zero-order valence-corrected chi connectivity index (χ0v) is 9.85. The second-order valence-corrected chi connectivity index (χ2v) is 4.58. The van der Waals surface area contributed by atoms with Gasteiger partial charge in [0.05, 0.1) is 5.92 Å². The van der Waals surface area contributed by atoms with Crippen LogP contribution in [-0.2, 0) is 9.59 Å². The molecule has 1 aliphatic heterocycles. The van der Waals surface area contributed by atoms with Crippen molar-refractivity contribution < 1.29 is 14.7 Å². The maximum Gasteiger partial charge on any atom is 0.308 e. The lowest BCUT2D eigenvalue weighted by Gasteiger charge is -2.23. The first kappa shape index (κ1) is 13.0. The molecule has 1 heterocycles. The van der Waals surface area contributed by atoms with Gasteiger partial charge in [0.2, 0.25) is 5.91 Å². The second-order valence-electron chi connectivity index (χ2n) is 4.58. The summed E-state index contributed by atoms with van der Waals surface area (Å²) in [5.41, 5.74) is 5.58. The molecular weight excluding hydrogens is 208 g/mol. The SMILES string of the molecule is CC(N)CCC(=O)N1CCC(C(=O)O)C1C. The zero-order valence-electron chi connectivity index (χ0n) is 9.85. The molecule has 0 aliphatic carbocycles. The minimum atomic E-state index is -0.810. The lowest BCUT2D eigenvalue weighted by molar-refractivity contribution is -0.143. The van der Waals surface area contributed by atoms with Crippen LogP contribution in [0.15, 0.2) is 0 Å². The van der Waals surface area contributed by atoms with E-state index in [9.17, 15) is 9.59 Å². The average Bonchev–Trinajstić information content (AvgIpc) is 2.56. The quantitative estimate of drug-likeness (QED) is 0.731. The van der Waals surface area contributed by atoms with Crippen molar-refractivity contribution in [3.63, 3.8) is 0 Å². The van der Waals surface area contributed by atoms with E-state index in [0.717, 1.165) is 0 Å². The summed E-state index contributed by atoms with van der Waals surface area (Å²) in [7, 11) is 0. The molecule has 92 valence electrons. The van der Waals surface area contributed by atoms with E-state index in [-0.39, 0.29) is 18.0 Å². The average molecular weight is 228 g/mol. The van der Waals surface area contributed by atoms with E-state index in [2.05, 4.69) is 0 Å². The predicted octanol–water partition coefficient (Wildman–Crippen LogP) is 0.435. The second kappa shape index (κ2) is 5.30. The molecule has 1 amide bonds. The highest BCUT2D eigenvalue weighted by Crippen LogP contribution is 2.25. The number of aliphatic carboxylic acids is 1. The number of carboxylic acids is 1. The van der Waals surface area contributed by atoms with Crippen LogP contribution in [0.3, 0.4) is 0 Å². The number of amides is 1. The van der Waals surface area contributed by atoms with Gasteiger partial charge in [-0.05, 0) is 26.7 Å². The molecule has 3 atom stereocenters. The Morgan fingerprint density at radius 1 is 1.56 bits per heavy atom. The van der Waals surface area contributed by atoms with Crippen LogP contribution < -0.4 is 5.73 Å². The van der Waals surface area contributed by atoms with E-state index in [4.69, 9.17) is 10.8 Å². The summed E-state index contributed by atoms with van der Waals surface area (Å²) in [4.78, 5) is 24.4. The monoisotopic (exact) mass is 228 g/mol. The van der Waals surface area contributed by atoms with Gasteiger partial charge in [-0.3, -0.25) is 9.59 Å². The molecule has 1 aliphatic rings. The van der Waals surface area contributed by atoms with E-state index in [1.165, 1.54) is 0 Å². The Morgan fingerprint density at radius 2 is 2.19 bits per heavy atom. The van der Waals surface area contributed by atoms with Crippen molar-refractivity contribution >= 4 is 11.9 Å². The van der Waals surface area contributed by atoms with Gasteiger partial charge in [0.1, 0.15) is 0 Å². The van der Waals surface area contributed by atoms with Gasteiger partial charge in [-0.2, -0.15) is 0 Å². The maximum atomic E-state index is 11.8. The first-order chi connectivity index (χ1) is 7.43. The van der Waals surface area contributed by atoms with Crippen molar-refractivity contribution in [1.29, 1.82) is 0 Å². The first-order valence-electron chi connectivity index (χ1n) is 5.71. The highest BCUT2D eigenvalue weighted by atomic mass is 16.4. The molecule has 0 saturated carbocycles. The van der Waals surface area contributed by atoms with Crippen molar-refractivity contribution in [3.05, 3.63) is 0 Å². The molecule has 0 spiro atoms. The molecule has 0 radical (unpaired) electrons. The van der Waals surface area contributed by atoms with Crippen molar-refractivity contribution in [2.24, 2.45) is 11.7 Å². The van der Waals surface area contributed by atoms with Crippen molar-refractivity contribution in [1.82, 2.24) is 4.90 Å². The van der Waals surface area contributed by atoms with Crippen molar-refractivity contribution in [3.8, 4) is 0 Å². The van der Waals surface area contributed by atoms with E-state index in [1.807, 2.05) is 6.92 Å². The van der Waals surface area contributed by atoms with E-state index < -0.39 is 11.9 Å². The standard InChI is InChI=1S/C11H20N2O3/c1-7(12)3-4-10(14)13-6-5-9(8(13)2)11(15)16/h7-9H,3-6,12H2,1-2H3,(H,15,16). The van der Waals surface area contributed by atoms with Crippen molar-refractivity contribution in [2.45, 2.75) is 45.2 Å². The first-order valence-corrected chi connectivity index (χ1v) is 5.71. The Balaban J connectivity index is 2.49. The fraction of sp³-hybridized carbons (Fsp3) is 0.818. The molecule has 5 heteroatoms. The Morgan fingerprint density at radius 3 is 2.62 bits per heavy atom. The van der Waals surface area contributed by atoms with Crippen LogP contribution in [0.1, 0.15) is 33.1 Å². The number of likely N-dealkylation sites (tertiary alicyclic amines) is 1. The van der Waals surface area contributed by atoms with Gasteiger partial charge in [0.25, 0.3) is 0 Å². The van der Waals surface area contributed by atoms with Gasteiger partial charge in [-0.1, -0.05) is 0 Å². The third-order valence-electron chi connectivity index (χ3n) is 3.21. The van der Waals surface area contributed by atoms with E-state index in [1.54, 1.807) is 11.8 Å². The molecule has 1 saturated heterocycles. The number of nitrogens with zero attached hydrogens (tertiary/aromatic N) is 1. The number of carbonyl (C=O) groups excluding carboxylic acids is 1. The topological polar surface area (TPSA) is 83.6 Å². The minimum absolute atomic E-state index is 0.0112. The van der Waals surface area contributed by atoms with Crippen LogP contribution in [0.25, 0.3) is 0 Å². The van der Waals surface area contributed by atoms with Crippen LogP contribution in [0.4, 0.5) is 0 Å². The maximum absolute atomic E-state index is 11.8. The summed E-state index contributed by atoms with van der Waals surface area (Å²) in [5.74, 6) is -1.21. The minimum Gasteiger partial charge on any atom is -0.481 e. The normalized spacial score (nSPS) is 26.8. The summed E-state index contributed by atoms with van der Waals surface area (Å²) in [6.45, 7) is 4.21. The molecule has 0 aromatic heterocycles. The van der Waals surface area contributed by atoms with Crippen molar-refractivity contribution in [2.75, 3.05) is 6.54 Å². The molecular formula is C11H20N2O3. The van der Waals surface area contributed by atoms with Crippen LogP contribution >= 0.6 is 0 Å². The largest absolute Gasteiger partial charge is 0.481 e. The zero-order chi connectivity index (χ0) is 12.3. The van der Waals surface area contributed by atoms with Gasteiger partial charge in [-0.25, -0.2) is 0 Å². The molecule has 5 nitrogen and oxygen atoms in total. The number of hydrogen-bond acceptors (Lipinski definition) is 3. The highest BCUT2D eigenvalue weighted by molar-refractivity contribution is 5.79. The summed E-state index contributed by atoms with van der Waals surface area (Å²) >= 11 is 0. The molecule has 16 heavy (non-hydrogen) atoms. The van der Waals surface area contributed by atoms with Crippen LogP contribution in [0.2, 0.25) is 0 Å². The molecule has 1 rings (SSSR count). The fourth-order valence-corrected chi connectivity index (χ4v) is 2.12. The Kier molecular flexibility index (Phi) is 4.29. The molecule has 3 N–H and O–H groups in total. The lowest BCUT2D eigenvalue weighted by Crippen LogP contribution is -2.38. The predicted molar refractivity (Wildman–Crippen MR) is 59.8 cm³/mol. The summed E-state index contributed by atoms with van der Waals surface area (Å²) in [6, 6.07) is -0.185. The van der Waals surface area contributed by atoms with Gasteiger partial charge in [-0.15, -0.1) is 0 Å². The van der Waals surface area contributed by atoms with Gasteiger partial charge in [0.15, 0.2) is 0 Å². The summed E-state index contributed by atoms with van der Waals surface area (Å²) < 4.78 is 0. The van der Waals surface area contributed by atoms with Crippen LogP contribution in [0, 0.1) is 5.92 Å². The number of carboxylic acid groups (broad SMARTS) is 1. The number of carbonyl (C=O) groups is 2. The molecule has 0 aromatic rings. The lowest BCUT2D eigenvalue weighted by atomic mass is 10.0. The van der Waals surface area contributed by atoms with Gasteiger partial charge in [0, 0.05) is 25.0 Å². The number of hydrogen-bond donors (Lipinski definition) is 2. The third kappa shape index (κ3) is 2.95. The van der Waals surface area contributed by atoms with Gasteiger partial charge < -0.3 is 15.7 Å². The smallest absolute Gasteiger partial charge is 0.308 e. The Bertz CT molecular complexity index is 278. The molecule has 0 bridgehead atoms. The van der Waals surface area contributed by atoms with Crippen LogP contribution in [-0.4, -0.2) is 40.5 Å². The summed E-state index contributed by atoms with van der Waals surface area (Å²) in [6.07, 6.45) is 1.62. The fourth-order valence-electron chi connectivity index (χ4n) is 2.12. The van der Waals surface area contributed by atoms with E-state index >= 15 is 0 Å². The molecule has 3 unspecified atom stereocenters. The highest BCUT2D eigenvalue weighted by Gasteiger charge is 2.37. The third-order valence-corrected chi connectivity index (χ3v) is 3.21.